The molecule has 3 aromatic heterocycles. The van der Waals surface area contributed by atoms with Gasteiger partial charge in [0.1, 0.15) is 0 Å². The SMILES string of the molecule is Cn1c(=O)n(C)c2cc(NC(=O)c3ccc(-c4nc5ccccc5s4)o3)ccc21. The highest BCUT2D eigenvalue weighted by atomic mass is 32.1. The first kappa shape index (κ1) is 17.4. The number of rotatable bonds is 3. The van der Waals surface area contributed by atoms with Gasteiger partial charge in [-0.15, -0.1) is 11.3 Å². The molecule has 0 bridgehead atoms. The highest BCUT2D eigenvalue weighted by Crippen LogP contribution is 2.31. The lowest BCUT2D eigenvalue weighted by Gasteiger charge is -2.04. The molecule has 0 unspecified atom stereocenters. The molecule has 5 rings (SSSR count). The van der Waals surface area contributed by atoms with E-state index in [9.17, 15) is 9.59 Å². The van der Waals surface area contributed by atoms with Gasteiger partial charge in [-0.25, -0.2) is 9.78 Å². The van der Waals surface area contributed by atoms with Gasteiger partial charge in [0, 0.05) is 19.8 Å². The van der Waals surface area contributed by atoms with E-state index < -0.39 is 0 Å². The molecule has 29 heavy (non-hydrogen) atoms. The fourth-order valence-corrected chi connectivity index (χ4v) is 4.26. The van der Waals surface area contributed by atoms with Crippen molar-refractivity contribution in [2.45, 2.75) is 0 Å². The van der Waals surface area contributed by atoms with Crippen molar-refractivity contribution in [2.24, 2.45) is 14.1 Å². The monoisotopic (exact) mass is 404 g/mol. The summed E-state index contributed by atoms with van der Waals surface area (Å²) in [6.07, 6.45) is 0. The molecule has 7 nitrogen and oxygen atoms in total. The molecule has 0 aliphatic carbocycles. The number of carbonyl (C=O) groups excluding carboxylic acids is 1. The van der Waals surface area contributed by atoms with E-state index in [0.29, 0.717) is 11.4 Å². The van der Waals surface area contributed by atoms with E-state index in [-0.39, 0.29) is 17.4 Å². The fourth-order valence-electron chi connectivity index (χ4n) is 3.33. The van der Waals surface area contributed by atoms with Gasteiger partial charge in [0.2, 0.25) is 0 Å². The van der Waals surface area contributed by atoms with Crippen LogP contribution < -0.4 is 11.0 Å². The predicted octanol–water partition coefficient (Wildman–Crippen LogP) is 4.00. The maximum atomic E-state index is 12.6. The van der Waals surface area contributed by atoms with Gasteiger partial charge in [0.25, 0.3) is 5.91 Å². The molecule has 0 spiro atoms. The molecule has 0 saturated heterocycles. The van der Waals surface area contributed by atoms with Gasteiger partial charge in [-0.2, -0.15) is 0 Å². The Morgan fingerprint density at radius 1 is 1.03 bits per heavy atom. The van der Waals surface area contributed by atoms with Crippen LogP contribution in [-0.2, 0) is 14.1 Å². The predicted molar refractivity (Wildman–Crippen MR) is 113 cm³/mol. The van der Waals surface area contributed by atoms with E-state index in [1.165, 1.54) is 11.3 Å². The van der Waals surface area contributed by atoms with E-state index >= 15 is 0 Å². The number of fused-ring (bicyclic) bond motifs is 2. The van der Waals surface area contributed by atoms with E-state index in [2.05, 4.69) is 10.3 Å². The Labute approximate surface area is 168 Å². The normalized spacial score (nSPS) is 11.4. The van der Waals surface area contributed by atoms with Crippen molar-refractivity contribution in [1.29, 1.82) is 0 Å². The summed E-state index contributed by atoms with van der Waals surface area (Å²) < 4.78 is 9.92. The topological polar surface area (TPSA) is 82.1 Å². The summed E-state index contributed by atoms with van der Waals surface area (Å²) in [6.45, 7) is 0. The van der Waals surface area contributed by atoms with Gasteiger partial charge in [0.15, 0.2) is 16.5 Å². The number of nitrogens with one attached hydrogen (secondary N) is 1. The van der Waals surface area contributed by atoms with Crippen LogP contribution in [0.5, 0.6) is 0 Å². The summed E-state index contributed by atoms with van der Waals surface area (Å²) in [7, 11) is 3.42. The zero-order valence-corrected chi connectivity index (χ0v) is 16.5. The smallest absolute Gasteiger partial charge is 0.328 e. The Kier molecular flexibility index (Phi) is 3.88. The number of benzene rings is 2. The molecular formula is C21H16N4O3S. The van der Waals surface area contributed by atoms with Crippen molar-refractivity contribution < 1.29 is 9.21 Å². The number of aromatic nitrogens is 3. The summed E-state index contributed by atoms with van der Waals surface area (Å²) in [5.74, 6) is 0.385. The highest BCUT2D eigenvalue weighted by molar-refractivity contribution is 7.21. The van der Waals surface area contributed by atoms with E-state index in [1.807, 2.05) is 24.3 Å². The van der Waals surface area contributed by atoms with E-state index in [4.69, 9.17) is 4.42 Å². The molecule has 0 fully saturated rings. The average molecular weight is 404 g/mol. The third kappa shape index (κ3) is 2.85. The molecule has 0 atom stereocenters. The third-order valence-electron chi connectivity index (χ3n) is 4.86. The Bertz CT molecular complexity index is 1420. The summed E-state index contributed by atoms with van der Waals surface area (Å²) >= 11 is 1.51. The molecule has 8 heteroatoms. The molecule has 0 radical (unpaired) electrons. The lowest BCUT2D eigenvalue weighted by molar-refractivity contribution is 0.0997. The second kappa shape index (κ2) is 6.46. The number of imidazole rings is 1. The molecule has 2 aromatic carbocycles. The molecule has 0 aliphatic heterocycles. The minimum absolute atomic E-state index is 0.116. The lowest BCUT2D eigenvalue weighted by atomic mass is 10.2. The molecular weight excluding hydrogens is 388 g/mol. The van der Waals surface area contributed by atoms with Crippen molar-refractivity contribution in [3.8, 4) is 10.8 Å². The van der Waals surface area contributed by atoms with Crippen LogP contribution in [0.4, 0.5) is 5.69 Å². The first-order valence-electron chi connectivity index (χ1n) is 8.94. The van der Waals surface area contributed by atoms with Gasteiger partial charge in [-0.05, 0) is 42.5 Å². The quantitative estimate of drug-likeness (QED) is 0.493. The van der Waals surface area contributed by atoms with Crippen molar-refractivity contribution >= 4 is 44.2 Å². The van der Waals surface area contributed by atoms with Gasteiger partial charge < -0.3 is 9.73 Å². The number of hydrogen-bond acceptors (Lipinski definition) is 5. The number of carbonyl (C=O) groups is 1. The molecule has 1 N–H and O–H groups in total. The van der Waals surface area contributed by atoms with Crippen LogP contribution in [0.3, 0.4) is 0 Å². The molecule has 0 aliphatic rings. The van der Waals surface area contributed by atoms with Crippen molar-refractivity contribution in [3.63, 3.8) is 0 Å². The van der Waals surface area contributed by atoms with Crippen LogP contribution in [0.1, 0.15) is 10.6 Å². The third-order valence-corrected chi connectivity index (χ3v) is 5.92. The number of nitrogens with zero attached hydrogens (tertiary/aromatic N) is 3. The Morgan fingerprint density at radius 2 is 1.83 bits per heavy atom. The standard InChI is InChI=1S/C21H16N4O3S/c1-24-14-8-7-12(11-15(14)25(2)21(24)27)22-19(26)16-9-10-17(28-16)20-23-13-5-3-4-6-18(13)29-20/h3-11H,1-2H3,(H,22,26). The second-order valence-electron chi connectivity index (χ2n) is 6.71. The largest absolute Gasteiger partial charge is 0.448 e. The first-order valence-corrected chi connectivity index (χ1v) is 9.75. The highest BCUT2D eigenvalue weighted by Gasteiger charge is 2.16. The van der Waals surface area contributed by atoms with Crippen LogP contribution in [-0.4, -0.2) is 20.0 Å². The van der Waals surface area contributed by atoms with E-state index in [0.717, 1.165) is 26.3 Å². The van der Waals surface area contributed by atoms with Crippen LogP contribution >= 0.6 is 11.3 Å². The summed E-state index contributed by atoms with van der Waals surface area (Å²) in [5.41, 5.74) is 2.91. The number of amides is 1. The number of thiazole rings is 1. The Balaban J connectivity index is 1.42. The van der Waals surface area contributed by atoms with Gasteiger partial charge in [-0.1, -0.05) is 12.1 Å². The number of hydrogen-bond donors (Lipinski definition) is 1. The maximum Gasteiger partial charge on any atom is 0.328 e. The van der Waals surface area contributed by atoms with Crippen molar-refractivity contribution in [3.05, 3.63) is 70.8 Å². The second-order valence-corrected chi connectivity index (χ2v) is 7.74. The van der Waals surface area contributed by atoms with Crippen LogP contribution in [0.2, 0.25) is 0 Å². The fraction of sp³-hybridized carbons (Fsp3) is 0.0952. The molecule has 3 heterocycles. The molecule has 5 aromatic rings. The van der Waals surface area contributed by atoms with Gasteiger partial charge in [-0.3, -0.25) is 13.9 Å². The van der Waals surface area contributed by atoms with Crippen molar-refractivity contribution in [1.82, 2.24) is 14.1 Å². The summed E-state index contributed by atoms with van der Waals surface area (Å²) in [6, 6.07) is 16.6. The zero-order valence-electron chi connectivity index (χ0n) is 15.7. The maximum absolute atomic E-state index is 12.6. The zero-order chi connectivity index (χ0) is 20.1. The number of aryl methyl sites for hydroxylation is 2. The Morgan fingerprint density at radius 3 is 2.66 bits per heavy atom. The van der Waals surface area contributed by atoms with Crippen LogP contribution in [0.15, 0.2) is 63.8 Å². The number of para-hydroxylation sites is 1. The lowest BCUT2D eigenvalue weighted by Crippen LogP contribution is -2.19. The van der Waals surface area contributed by atoms with Crippen LogP contribution in [0.25, 0.3) is 32.0 Å². The molecule has 144 valence electrons. The first-order chi connectivity index (χ1) is 14.0. The molecule has 0 saturated carbocycles. The number of anilines is 1. The minimum Gasteiger partial charge on any atom is -0.448 e. The van der Waals surface area contributed by atoms with E-state index in [1.54, 1.807) is 53.6 Å². The van der Waals surface area contributed by atoms with Crippen molar-refractivity contribution in [2.75, 3.05) is 5.32 Å². The summed E-state index contributed by atoms with van der Waals surface area (Å²) in [5, 5.41) is 3.55. The summed E-state index contributed by atoms with van der Waals surface area (Å²) in [4.78, 5) is 29.2. The number of furan rings is 1. The van der Waals surface area contributed by atoms with Gasteiger partial charge in [0.05, 0.1) is 21.3 Å². The Hall–Kier alpha value is -3.65. The minimum atomic E-state index is -0.363. The van der Waals surface area contributed by atoms with Gasteiger partial charge >= 0.3 is 5.69 Å². The molecule has 1 amide bonds. The average Bonchev–Trinajstić information content (AvgIpc) is 3.42. The van der Waals surface area contributed by atoms with Crippen LogP contribution in [0, 0.1) is 0 Å².